The van der Waals surface area contributed by atoms with E-state index in [0.29, 0.717) is 11.5 Å². The van der Waals surface area contributed by atoms with Crippen LogP contribution in [0.3, 0.4) is 0 Å². The number of hydrogen-bond donors (Lipinski definition) is 1. The Labute approximate surface area is 124 Å². The maximum Gasteiger partial charge on any atom is 0.161 e. The van der Waals surface area contributed by atoms with E-state index < -0.39 is 0 Å². The molecular weight excluding hydrogens is 266 g/mol. The van der Waals surface area contributed by atoms with Crippen LogP contribution in [0.15, 0.2) is 54.9 Å². The topological polar surface area (TPSA) is 51.6 Å². The predicted molar refractivity (Wildman–Crippen MR) is 83.6 cm³/mol. The standard InChI is InChI=1S/C17H17NO3/c1-12(19)4-5-13-6-8-15(18-11-13)14-7-9-16(20-2)17(10-14)21-3/h4-11,19H,1H2,2-3H3/b5-4+. The van der Waals surface area contributed by atoms with Crippen molar-refractivity contribution in [3.05, 3.63) is 60.5 Å². The lowest BCUT2D eigenvalue weighted by Gasteiger charge is -2.09. The smallest absolute Gasteiger partial charge is 0.161 e. The molecular formula is C17H17NO3. The number of allylic oxidation sites excluding steroid dienone is 1. The molecule has 0 aliphatic rings. The summed E-state index contributed by atoms with van der Waals surface area (Å²) in [4.78, 5) is 4.40. The van der Waals surface area contributed by atoms with E-state index in [2.05, 4.69) is 11.6 Å². The lowest BCUT2D eigenvalue weighted by Crippen LogP contribution is -1.91. The quantitative estimate of drug-likeness (QED) is 0.669. The van der Waals surface area contributed by atoms with Crippen molar-refractivity contribution in [3.63, 3.8) is 0 Å². The number of pyridine rings is 1. The number of benzene rings is 1. The summed E-state index contributed by atoms with van der Waals surface area (Å²) in [5.74, 6) is 1.36. The molecule has 1 N–H and O–H groups in total. The van der Waals surface area contributed by atoms with Crippen LogP contribution in [0.5, 0.6) is 11.5 Å². The Morgan fingerprint density at radius 1 is 1.14 bits per heavy atom. The molecule has 0 unspecified atom stereocenters. The molecule has 1 aromatic heterocycles. The van der Waals surface area contributed by atoms with Crippen LogP contribution >= 0.6 is 0 Å². The van der Waals surface area contributed by atoms with Crippen LogP contribution in [0.1, 0.15) is 5.56 Å². The summed E-state index contributed by atoms with van der Waals surface area (Å²) in [5.41, 5.74) is 2.65. The van der Waals surface area contributed by atoms with Crippen molar-refractivity contribution >= 4 is 6.08 Å². The first kappa shape index (κ1) is 14.7. The highest BCUT2D eigenvalue weighted by atomic mass is 16.5. The third-order valence-electron chi connectivity index (χ3n) is 2.93. The Hall–Kier alpha value is -2.75. The third-order valence-corrected chi connectivity index (χ3v) is 2.93. The molecule has 0 bridgehead atoms. The maximum absolute atomic E-state index is 9.03. The van der Waals surface area contributed by atoms with Crippen molar-refractivity contribution in [3.8, 4) is 22.8 Å². The van der Waals surface area contributed by atoms with Crippen LogP contribution in [0.4, 0.5) is 0 Å². The van der Waals surface area contributed by atoms with Crippen molar-refractivity contribution in [2.24, 2.45) is 0 Å². The molecule has 21 heavy (non-hydrogen) atoms. The van der Waals surface area contributed by atoms with E-state index in [1.807, 2.05) is 30.3 Å². The molecule has 0 amide bonds. The summed E-state index contributed by atoms with van der Waals surface area (Å²) >= 11 is 0. The van der Waals surface area contributed by atoms with E-state index in [9.17, 15) is 0 Å². The van der Waals surface area contributed by atoms with Gasteiger partial charge in [0.05, 0.1) is 19.9 Å². The number of nitrogens with zero attached hydrogens (tertiary/aromatic N) is 1. The zero-order valence-corrected chi connectivity index (χ0v) is 12.0. The summed E-state index contributed by atoms with van der Waals surface area (Å²) < 4.78 is 10.5. The Bertz CT molecular complexity index is 660. The largest absolute Gasteiger partial charge is 0.509 e. The first-order chi connectivity index (χ1) is 10.1. The minimum absolute atomic E-state index is 0.0129. The van der Waals surface area contributed by atoms with Gasteiger partial charge in [-0.15, -0.1) is 0 Å². The van der Waals surface area contributed by atoms with E-state index in [1.54, 1.807) is 26.5 Å². The lowest BCUT2D eigenvalue weighted by molar-refractivity contribution is 0.355. The molecule has 0 aliphatic carbocycles. The van der Waals surface area contributed by atoms with Gasteiger partial charge in [-0.3, -0.25) is 4.98 Å². The Morgan fingerprint density at radius 3 is 2.48 bits per heavy atom. The first-order valence-corrected chi connectivity index (χ1v) is 6.38. The van der Waals surface area contributed by atoms with Crippen LogP contribution in [0.25, 0.3) is 17.3 Å². The second-order valence-electron chi connectivity index (χ2n) is 4.37. The third kappa shape index (κ3) is 3.63. The molecule has 108 valence electrons. The van der Waals surface area contributed by atoms with Gasteiger partial charge >= 0.3 is 0 Å². The summed E-state index contributed by atoms with van der Waals surface area (Å²) in [7, 11) is 3.21. The van der Waals surface area contributed by atoms with E-state index in [4.69, 9.17) is 14.6 Å². The molecule has 0 saturated heterocycles. The fourth-order valence-corrected chi connectivity index (χ4v) is 1.86. The minimum atomic E-state index is 0.0129. The fourth-order valence-electron chi connectivity index (χ4n) is 1.86. The van der Waals surface area contributed by atoms with Gasteiger partial charge in [-0.2, -0.15) is 0 Å². The highest BCUT2D eigenvalue weighted by Gasteiger charge is 2.06. The number of aliphatic hydroxyl groups excluding tert-OH is 1. The summed E-state index contributed by atoms with van der Waals surface area (Å²) in [6, 6.07) is 9.47. The first-order valence-electron chi connectivity index (χ1n) is 6.38. The van der Waals surface area contributed by atoms with E-state index in [1.165, 1.54) is 6.08 Å². The van der Waals surface area contributed by atoms with Crippen molar-refractivity contribution < 1.29 is 14.6 Å². The van der Waals surface area contributed by atoms with Crippen molar-refractivity contribution in [1.29, 1.82) is 0 Å². The van der Waals surface area contributed by atoms with Gasteiger partial charge < -0.3 is 14.6 Å². The number of hydrogen-bond acceptors (Lipinski definition) is 4. The number of aliphatic hydroxyl groups is 1. The Kier molecular flexibility index (Phi) is 4.61. The van der Waals surface area contributed by atoms with E-state index >= 15 is 0 Å². The van der Waals surface area contributed by atoms with Crippen molar-refractivity contribution in [1.82, 2.24) is 4.98 Å². The van der Waals surface area contributed by atoms with Gasteiger partial charge in [-0.25, -0.2) is 0 Å². The molecule has 0 spiro atoms. The highest BCUT2D eigenvalue weighted by molar-refractivity contribution is 5.65. The molecule has 1 heterocycles. The van der Waals surface area contributed by atoms with E-state index in [-0.39, 0.29) is 5.76 Å². The Morgan fingerprint density at radius 2 is 1.90 bits per heavy atom. The summed E-state index contributed by atoms with van der Waals surface area (Å²) in [6.07, 6.45) is 4.99. The number of rotatable bonds is 5. The van der Waals surface area contributed by atoms with Gasteiger partial charge in [0.15, 0.2) is 11.5 Å². The molecule has 0 fully saturated rings. The molecule has 0 atom stereocenters. The van der Waals surface area contributed by atoms with Crippen LogP contribution in [0, 0.1) is 0 Å². The van der Waals surface area contributed by atoms with Gasteiger partial charge in [0.25, 0.3) is 0 Å². The normalized spacial score (nSPS) is 10.6. The fraction of sp³-hybridized carbons (Fsp3) is 0.118. The molecule has 0 aliphatic heterocycles. The van der Waals surface area contributed by atoms with E-state index in [0.717, 1.165) is 16.8 Å². The van der Waals surface area contributed by atoms with Crippen LogP contribution in [0.2, 0.25) is 0 Å². The number of methoxy groups -OCH3 is 2. The van der Waals surface area contributed by atoms with Gasteiger partial charge in [0, 0.05) is 11.8 Å². The Balaban J connectivity index is 2.28. The summed E-state index contributed by atoms with van der Waals surface area (Å²) in [5, 5.41) is 9.03. The maximum atomic E-state index is 9.03. The molecule has 4 heteroatoms. The molecule has 0 radical (unpaired) electrons. The van der Waals surface area contributed by atoms with Crippen LogP contribution < -0.4 is 9.47 Å². The molecule has 2 aromatic rings. The second kappa shape index (κ2) is 6.61. The van der Waals surface area contributed by atoms with Gasteiger partial charge in [-0.1, -0.05) is 12.6 Å². The molecule has 1 aromatic carbocycles. The van der Waals surface area contributed by atoms with Gasteiger partial charge in [0.2, 0.25) is 0 Å². The average molecular weight is 283 g/mol. The number of ether oxygens (including phenoxy) is 2. The monoisotopic (exact) mass is 283 g/mol. The summed E-state index contributed by atoms with van der Waals surface area (Å²) in [6.45, 7) is 3.39. The van der Waals surface area contributed by atoms with Gasteiger partial charge in [-0.05, 0) is 42.0 Å². The second-order valence-corrected chi connectivity index (χ2v) is 4.37. The van der Waals surface area contributed by atoms with Crippen LogP contribution in [-0.2, 0) is 0 Å². The minimum Gasteiger partial charge on any atom is -0.509 e. The molecule has 4 nitrogen and oxygen atoms in total. The lowest BCUT2D eigenvalue weighted by atomic mass is 10.1. The predicted octanol–water partition coefficient (Wildman–Crippen LogP) is 3.85. The molecule has 0 saturated carbocycles. The van der Waals surface area contributed by atoms with Gasteiger partial charge in [0.1, 0.15) is 5.76 Å². The zero-order valence-electron chi connectivity index (χ0n) is 12.0. The highest BCUT2D eigenvalue weighted by Crippen LogP contribution is 2.31. The van der Waals surface area contributed by atoms with Crippen LogP contribution in [-0.4, -0.2) is 24.3 Å². The van der Waals surface area contributed by atoms with Crippen molar-refractivity contribution in [2.75, 3.05) is 14.2 Å². The van der Waals surface area contributed by atoms with Crippen molar-refractivity contribution in [2.45, 2.75) is 0 Å². The molecule has 2 rings (SSSR count). The SMILES string of the molecule is C=C(O)/C=C/c1ccc(-c2ccc(OC)c(OC)c2)nc1. The number of aromatic nitrogens is 1. The average Bonchev–Trinajstić information content (AvgIpc) is 2.52. The zero-order chi connectivity index (χ0) is 15.2.